The number of carboxylic acids is 1. The summed E-state index contributed by atoms with van der Waals surface area (Å²) >= 11 is 0. The lowest BCUT2D eigenvalue weighted by atomic mass is 9.87. The van der Waals surface area contributed by atoms with Crippen LogP contribution in [0.1, 0.15) is 33.6 Å². The Labute approximate surface area is 123 Å². The van der Waals surface area contributed by atoms with Crippen LogP contribution < -0.4 is 0 Å². The molecule has 7 heteroatoms. The third-order valence-electron chi connectivity index (χ3n) is 3.64. The number of piperidine rings is 1. The minimum absolute atomic E-state index is 0.331. The molecule has 2 rings (SSSR count). The summed E-state index contributed by atoms with van der Waals surface area (Å²) in [4.78, 5) is 29.2. The summed E-state index contributed by atoms with van der Waals surface area (Å²) in [6, 6.07) is 0. The quantitative estimate of drug-likeness (QED) is 0.897. The van der Waals surface area contributed by atoms with Crippen LogP contribution in [0.25, 0.3) is 0 Å². The lowest BCUT2D eigenvalue weighted by Gasteiger charge is -2.39. The van der Waals surface area contributed by atoms with Gasteiger partial charge in [0.2, 0.25) is 0 Å². The predicted molar refractivity (Wildman–Crippen MR) is 74.9 cm³/mol. The van der Waals surface area contributed by atoms with E-state index in [2.05, 4.69) is 4.98 Å². The summed E-state index contributed by atoms with van der Waals surface area (Å²) in [7, 11) is 0. The lowest BCUT2D eigenvalue weighted by Crippen LogP contribution is -2.52. The van der Waals surface area contributed by atoms with E-state index >= 15 is 0 Å². The number of likely N-dealkylation sites (tertiary alicyclic amines) is 1. The predicted octanol–water partition coefficient (Wildman–Crippen LogP) is 1.69. The van der Waals surface area contributed by atoms with E-state index in [4.69, 9.17) is 4.74 Å². The van der Waals surface area contributed by atoms with Crippen molar-refractivity contribution >= 4 is 12.1 Å². The largest absolute Gasteiger partial charge is 0.479 e. The molecule has 1 amide bonds. The van der Waals surface area contributed by atoms with E-state index in [-0.39, 0.29) is 0 Å². The van der Waals surface area contributed by atoms with Crippen molar-refractivity contribution in [3.63, 3.8) is 0 Å². The maximum Gasteiger partial charge on any atom is 0.410 e. The summed E-state index contributed by atoms with van der Waals surface area (Å²) in [5.74, 6) is -0.899. The number of carbonyl (C=O) groups is 2. The van der Waals surface area contributed by atoms with E-state index < -0.39 is 23.2 Å². The maximum absolute atomic E-state index is 12.0. The second kappa shape index (κ2) is 5.38. The molecule has 1 aliphatic heterocycles. The van der Waals surface area contributed by atoms with E-state index in [0.717, 1.165) is 0 Å². The van der Waals surface area contributed by atoms with Crippen LogP contribution in [0.3, 0.4) is 0 Å². The fourth-order valence-electron chi connectivity index (χ4n) is 2.48. The van der Waals surface area contributed by atoms with Gasteiger partial charge in [-0.25, -0.2) is 14.6 Å². The number of imidazole rings is 1. The van der Waals surface area contributed by atoms with Gasteiger partial charge < -0.3 is 19.3 Å². The first kappa shape index (κ1) is 15.3. The Hall–Kier alpha value is -2.05. The van der Waals surface area contributed by atoms with Crippen molar-refractivity contribution in [3.05, 3.63) is 18.7 Å². The normalized spacial score (nSPS) is 18.3. The highest BCUT2D eigenvalue weighted by molar-refractivity contribution is 5.77. The van der Waals surface area contributed by atoms with Crippen molar-refractivity contribution in [2.24, 2.45) is 0 Å². The van der Waals surface area contributed by atoms with Crippen LogP contribution in [0.4, 0.5) is 4.79 Å². The van der Waals surface area contributed by atoms with E-state index in [1.165, 1.54) is 6.33 Å². The molecule has 7 nitrogen and oxygen atoms in total. The fourth-order valence-corrected chi connectivity index (χ4v) is 2.48. The lowest BCUT2D eigenvalue weighted by molar-refractivity contribution is -0.150. The van der Waals surface area contributed by atoms with Gasteiger partial charge in [-0.2, -0.15) is 0 Å². The fraction of sp³-hybridized carbons (Fsp3) is 0.643. The van der Waals surface area contributed by atoms with Crippen LogP contribution in [0.2, 0.25) is 0 Å². The third kappa shape index (κ3) is 3.17. The van der Waals surface area contributed by atoms with E-state index in [0.29, 0.717) is 25.9 Å². The molecule has 2 heterocycles. The number of ether oxygens (including phenoxy) is 1. The first-order valence-electron chi connectivity index (χ1n) is 6.94. The summed E-state index contributed by atoms with van der Waals surface area (Å²) in [5, 5.41) is 9.59. The monoisotopic (exact) mass is 295 g/mol. The number of rotatable bonds is 2. The van der Waals surface area contributed by atoms with Gasteiger partial charge in [-0.3, -0.25) is 0 Å². The number of hydrogen-bond donors (Lipinski definition) is 1. The molecule has 0 aromatic carbocycles. The summed E-state index contributed by atoms with van der Waals surface area (Å²) in [6.07, 6.45) is 4.99. The molecule has 0 atom stereocenters. The molecule has 1 fully saturated rings. The second-order valence-electron chi connectivity index (χ2n) is 6.27. The zero-order valence-corrected chi connectivity index (χ0v) is 12.6. The van der Waals surface area contributed by atoms with Gasteiger partial charge >= 0.3 is 12.1 Å². The van der Waals surface area contributed by atoms with Gasteiger partial charge in [0, 0.05) is 25.5 Å². The molecule has 1 aromatic rings. The van der Waals surface area contributed by atoms with Crippen LogP contribution in [0.15, 0.2) is 18.7 Å². The average Bonchev–Trinajstić information content (AvgIpc) is 2.90. The molecule has 0 bridgehead atoms. The highest BCUT2D eigenvalue weighted by atomic mass is 16.6. The van der Waals surface area contributed by atoms with Crippen molar-refractivity contribution in [2.45, 2.75) is 44.8 Å². The standard InChI is InChI=1S/C14H21N3O4/c1-13(2,3)21-12(20)16-7-4-14(5-8-16,11(18)19)17-9-6-15-10-17/h6,9-10H,4-5,7-8H2,1-3H3,(H,18,19). The van der Waals surface area contributed by atoms with Gasteiger partial charge in [0.05, 0.1) is 6.33 Å². The Morgan fingerprint density at radius 3 is 2.33 bits per heavy atom. The van der Waals surface area contributed by atoms with Crippen molar-refractivity contribution in [1.29, 1.82) is 0 Å². The second-order valence-corrected chi connectivity index (χ2v) is 6.27. The number of aliphatic carboxylic acids is 1. The Morgan fingerprint density at radius 1 is 1.29 bits per heavy atom. The Kier molecular flexibility index (Phi) is 3.93. The molecule has 21 heavy (non-hydrogen) atoms. The number of nitrogens with zero attached hydrogens (tertiary/aromatic N) is 3. The topological polar surface area (TPSA) is 84.7 Å². The van der Waals surface area contributed by atoms with Gasteiger partial charge in [-0.1, -0.05) is 0 Å². The first-order valence-corrected chi connectivity index (χ1v) is 6.94. The molecule has 0 radical (unpaired) electrons. The van der Waals surface area contributed by atoms with Crippen LogP contribution in [-0.4, -0.2) is 50.3 Å². The molecular weight excluding hydrogens is 274 g/mol. The Morgan fingerprint density at radius 2 is 1.90 bits per heavy atom. The highest BCUT2D eigenvalue weighted by Crippen LogP contribution is 2.31. The summed E-state index contributed by atoms with van der Waals surface area (Å²) < 4.78 is 6.93. The van der Waals surface area contributed by atoms with Crippen LogP contribution in [-0.2, 0) is 15.1 Å². The smallest absolute Gasteiger partial charge is 0.410 e. The molecule has 1 saturated heterocycles. The maximum atomic E-state index is 12.0. The molecule has 0 unspecified atom stereocenters. The molecule has 0 spiro atoms. The van der Waals surface area contributed by atoms with E-state index in [1.54, 1.807) is 21.9 Å². The minimum Gasteiger partial charge on any atom is -0.479 e. The van der Waals surface area contributed by atoms with Crippen LogP contribution in [0.5, 0.6) is 0 Å². The third-order valence-corrected chi connectivity index (χ3v) is 3.64. The van der Waals surface area contributed by atoms with Crippen molar-refractivity contribution in [1.82, 2.24) is 14.5 Å². The van der Waals surface area contributed by atoms with Gasteiger partial charge in [0.25, 0.3) is 0 Å². The number of carbonyl (C=O) groups excluding carboxylic acids is 1. The zero-order chi connectivity index (χ0) is 15.7. The number of hydrogen-bond acceptors (Lipinski definition) is 4. The van der Waals surface area contributed by atoms with Crippen LogP contribution in [0, 0.1) is 0 Å². The first-order chi connectivity index (χ1) is 9.74. The molecule has 0 saturated carbocycles. The van der Waals surface area contributed by atoms with Gasteiger partial charge in [0.1, 0.15) is 11.1 Å². The number of amides is 1. The van der Waals surface area contributed by atoms with E-state index in [9.17, 15) is 14.7 Å². The molecule has 116 valence electrons. The molecule has 1 aromatic heterocycles. The summed E-state index contributed by atoms with van der Waals surface area (Å²) in [5.41, 5.74) is -1.59. The number of aromatic nitrogens is 2. The zero-order valence-electron chi connectivity index (χ0n) is 12.6. The van der Waals surface area contributed by atoms with Gasteiger partial charge in [0.15, 0.2) is 0 Å². The van der Waals surface area contributed by atoms with Crippen molar-refractivity contribution in [3.8, 4) is 0 Å². The molecule has 1 N–H and O–H groups in total. The molecule has 0 aliphatic carbocycles. The van der Waals surface area contributed by atoms with Gasteiger partial charge in [-0.05, 0) is 33.6 Å². The summed E-state index contributed by atoms with van der Waals surface area (Å²) in [6.45, 7) is 6.12. The minimum atomic E-state index is -1.03. The molecule has 1 aliphatic rings. The Bertz CT molecular complexity index is 511. The van der Waals surface area contributed by atoms with Gasteiger partial charge in [-0.15, -0.1) is 0 Å². The Balaban J connectivity index is 2.08. The molecular formula is C14H21N3O4. The van der Waals surface area contributed by atoms with Crippen molar-refractivity contribution in [2.75, 3.05) is 13.1 Å². The SMILES string of the molecule is CC(C)(C)OC(=O)N1CCC(C(=O)O)(n2ccnc2)CC1. The van der Waals surface area contributed by atoms with E-state index in [1.807, 2.05) is 20.8 Å². The highest BCUT2D eigenvalue weighted by Gasteiger charge is 2.44. The van der Waals surface area contributed by atoms with Crippen molar-refractivity contribution < 1.29 is 19.4 Å². The van der Waals surface area contributed by atoms with Crippen LogP contribution >= 0.6 is 0 Å². The number of carboxylic acid groups (broad SMARTS) is 1. The average molecular weight is 295 g/mol.